The van der Waals surface area contributed by atoms with E-state index in [1.165, 1.54) is 5.56 Å². The Morgan fingerprint density at radius 2 is 2.00 bits per heavy atom. The molecule has 2 atom stereocenters. The van der Waals surface area contributed by atoms with Gasteiger partial charge in [0.15, 0.2) is 0 Å². The van der Waals surface area contributed by atoms with Gasteiger partial charge in [0.05, 0.1) is 18.9 Å². The number of carbonyl (C=O) groups excluding carboxylic acids is 1. The van der Waals surface area contributed by atoms with E-state index in [-0.39, 0.29) is 17.9 Å². The first-order chi connectivity index (χ1) is 12.1. The van der Waals surface area contributed by atoms with Crippen LogP contribution in [0, 0.1) is 5.92 Å². The van der Waals surface area contributed by atoms with E-state index in [1.807, 2.05) is 18.2 Å². The third kappa shape index (κ3) is 2.76. The van der Waals surface area contributed by atoms with Gasteiger partial charge in [-0.15, -0.1) is 0 Å². The van der Waals surface area contributed by atoms with Gasteiger partial charge in [-0.05, 0) is 54.3 Å². The van der Waals surface area contributed by atoms with Gasteiger partial charge in [-0.3, -0.25) is 4.79 Å². The molecule has 0 aromatic heterocycles. The summed E-state index contributed by atoms with van der Waals surface area (Å²) in [5, 5.41) is 6.39. The van der Waals surface area contributed by atoms with Gasteiger partial charge in [0.1, 0.15) is 5.75 Å². The molecule has 5 heteroatoms. The van der Waals surface area contributed by atoms with Crippen molar-refractivity contribution in [2.75, 3.05) is 7.11 Å². The molecule has 1 aliphatic carbocycles. The van der Waals surface area contributed by atoms with Crippen LogP contribution in [0.25, 0.3) is 0 Å². The Balaban J connectivity index is 1.78. The van der Waals surface area contributed by atoms with Gasteiger partial charge in [-0.25, -0.2) is 5.01 Å². The van der Waals surface area contributed by atoms with Crippen LogP contribution in [0.3, 0.4) is 0 Å². The molecule has 0 radical (unpaired) electrons. The zero-order chi connectivity index (χ0) is 17.6. The molecule has 1 aliphatic heterocycles. The highest BCUT2D eigenvalue weighted by atomic mass is 79.9. The lowest BCUT2D eigenvalue weighted by molar-refractivity contribution is -0.131. The Kier molecular flexibility index (Phi) is 4.12. The second-order valence-electron chi connectivity index (χ2n) is 6.51. The fourth-order valence-corrected chi connectivity index (χ4v) is 4.15. The van der Waals surface area contributed by atoms with E-state index >= 15 is 0 Å². The topological polar surface area (TPSA) is 41.9 Å². The van der Waals surface area contributed by atoms with Gasteiger partial charge in [-0.2, -0.15) is 5.10 Å². The van der Waals surface area contributed by atoms with Gasteiger partial charge in [0.25, 0.3) is 0 Å². The van der Waals surface area contributed by atoms with Crippen LogP contribution in [0.4, 0.5) is 0 Å². The van der Waals surface area contributed by atoms with Gasteiger partial charge >= 0.3 is 0 Å². The molecule has 128 valence electrons. The largest absolute Gasteiger partial charge is 0.497 e. The number of hydrazone groups is 1. The molecule has 4 rings (SSSR count). The molecule has 1 amide bonds. The average Bonchev–Trinajstić information content (AvgIpc) is 3.02. The minimum absolute atomic E-state index is 0.0233. The van der Waals surface area contributed by atoms with E-state index in [1.54, 1.807) is 19.0 Å². The number of fused-ring (bicyclic) bond motifs is 3. The number of benzene rings is 2. The summed E-state index contributed by atoms with van der Waals surface area (Å²) in [4.78, 5) is 12.2. The predicted octanol–water partition coefficient (Wildman–Crippen LogP) is 4.33. The predicted molar refractivity (Wildman–Crippen MR) is 101 cm³/mol. The van der Waals surface area contributed by atoms with E-state index in [4.69, 9.17) is 9.84 Å². The van der Waals surface area contributed by atoms with E-state index in [9.17, 15) is 4.79 Å². The Hall–Kier alpha value is -2.14. The van der Waals surface area contributed by atoms with Crippen LogP contribution in [0.1, 0.15) is 36.1 Å². The number of halogens is 1. The highest BCUT2D eigenvalue weighted by Gasteiger charge is 2.42. The molecule has 2 aromatic carbocycles. The Morgan fingerprint density at radius 3 is 2.68 bits per heavy atom. The van der Waals surface area contributed by atoms with E-state index in [2.05, 4.69) is 40.2 Å². The fourth-order valence-electron chi connectivity index (χ4n) is 3.89. The van der Waals surface area contributed by atoms with Crippen LogP contribution < -0.4 is 4.74 Å². The first kappa shape index (κ1) is 16.3. The summed E-state index contributed by atoms with van der Waals surface area (Å²) in [5.41, 5.74) is 4.53. The third-order valence-electron chi connectivity index (χ3n) is 5.06. The van der Waals surface area contributed by atoms with E-state index < -0.39 is 0 Å². The van der Waals surface area contributed by atoms with Crippen molar-refractivity contribution in [2.45, 2.75) is 25.8 Å². The van der Waals surface area contributed by atoms with Crippen molar-refractivity contribution in [3.8, 4) is 5.75 Å². The van der Waals surface area contributed by atoms with Gasteiger partial charge < -0.3 is 4.74 Å². The van der Waals surface area contributed by atoms with Crippen LogP contribution in [0.2, 0.25) is 0 Å². The molecule has 0 spiro atoms. The molecule has 0 bridgehead atoms. The lowest BCUT2D eigenvalue weighted by atomic mass is 9.77. The Labute approximate surface area is 155 Å². The molecule has 0 fully saturated rings. The molecule has 0 saturated carbocycles. The maximum atomic E-state index is 12.2. The first-order valence-corrected chi connectivity index (χ1v) is 9.19. The summed E-state index contributed by atoms with van der Waals surface area (Å²) >= 11 is 3.48. The maximum Gasteiger partial charge on any atom is 0.240 e. The van der Waals surface area contributed by atoms with Crippen LogP contribution in [0.5, 0.6) is 5.75 Å². The normalized spacial score (nSPS) is 21.4. The molecule has 0 saturated heterocycles. The Morgan fingerprint density at radius 1 is 1.24 bits per heavy atom. The first-order valence-electron chi connectivity index (χ1n) is 8.39. The maximum absolute atomic E-state index is 12.2. The average molecular weight is 399 g/mol. The number of hydrogen-bond donors (Lipinski definition) is 0. The summed E-state index contributed by atoms with van der Waals surface area (Å²) in [5.74, 6) is 1.07. The van der Waals surface area contributed by atoms with Crippen LogP contribution in [0.15, 0.2) is 52.0 Å². The van der Waals surface area contributed by atoms with Crippen LogP contribution >= 0.6 is 15.9 Å². The number of rotatable bonds is 2. The highest BCUT2D eigenvalue weighted by Crippen LogP contribution is 2.44. The van der Waals surface area contributed by atoms with Crippen LogP contribution in [-0.4, -0.2) is 23.7 Å². The molecule has 1 heterocycles. The minimum atomic E-state index is -0.0316. The zero-order valence-electron chi connectivity index (χ0n) is 14.2. The number of aryl methyl sites for hydroxylation is 1. The second kappa shape index (κ2) is 6.30. The third-order valence-corrected chi connectivity index (χ3v) is 5.59. The van der Waals surface area contributed by atoms with Crippen molar-refractivity contribution in [1.82, 2.24) is 5.01 Å². The van der Waals surface area contributed by atoms with Crippen molar-refractivity contribution in [1.29, 1.82) is 0 Å². The summed E-state index contributed by atoms with van der Waals surface area (Å²) < 4.78 is 6.38. The zero-order valence-corrected chi connectivity index (χ0v) is 15.8. The molecule has 0 unspecified atom stereocenters. The van der Waals surface area contributed by atoms with E-state index in [0.717, 1.165) is 39.9 Å². The molecule has 2 aliphatic rings. The van der Waals surface area contributed by atoms with Crippen LogP contribution in [-0.2, 0) is 11.2 Å². The number of methoxy groups -OCH3 is 1. The molecular weight excluding hydrogens is 380 g/mol. The monoisotopic (exact) mass is 398 g/mol. The quantitative estimate of drug-likeness (QED) is 0.755. The van der Waals surface area contributed by atoms with Crippen molar-refractivity contribution < 1.29 is 9.53 Å². The lowest BCUT2D eigenvalue weighted by Gasteiger charge is -2.29. The molecule has 2 aromatic rings. The van der Waals surface area contributed by atoms with Gasteiger partial charge in [-0.1, -0.05) is 28.1 Å². The standard InChI is InChI=1S/C20H19BrN2O2/c1-12(24)23-20(13-3-6-15(21)7-4-13)18-9-5-14-11-16(25-2)8-10-17(14)19(18)22-23/h3-4,6-8,10-11,18,20H,5,9H2,1-2H3/t18-,20-/m1/s1. The fraction of sp³-hybridized carbons (Fsp3) is 0.300. The summed E-state index contributed by atoms with van der Waals surface area (Å²) in [6, 6.07) is 14.3. The second-order valence-corrected chi connectivity index (χ2v) is 7.43. The molecule has 25 heavy (non-hydrogen) atoms. The molecular formula is C20H19BrN2O2. The van der Waals surface area contributed by atoms with Crippen molar-refractivity contribution in [3.63, 3.8) is 0 Å². The van der Waals surface area contributed by atoms with Gasteiger partial charge in [0, 0.05) is 22.9 Å². The SMILES string of the molecule is COc1ccc2c(c1)CC[C@@H]1C2=NN(C(C)=O)[C@@H]1c1ccc(Br)cc1. The smallest absolute Gasteiger partial charge is 0.240 e. The van der Waals surface area contributed by atoms with Crippen molar-refractivity contribution >= 4 is 27.5 Å². The lowest BCUT2D eigenvalue weighted by Crippen LogP contribution is -2.31. The summed E-state index contributed by atoms with van der Waals surface area (Å²) in [7, 11) is 1.68. The number of ether oxygens (including phenoxy) is 1. The molecule has 4 nitrogen and oxygen atoms in total. The van der Waals surface area contributed by atoms with E-state index in [0.29, 0.717) is 0 Å². The summed E-state index contributed by atoms with van der Waals surface area (Å²) in [6.45, 7) is 1.59. The number of carbonyl (C=O) groups is 1. The number of amides is 1. The highest BCUT2D eigenvalue weighted by molar-refractivity contribution is 9.10. The van der Waals surface area contributed by atoms with Crippen molar-refractivity contribution in [2.24, 2.45) is 11.0 Å². The molecule has 0 N–H and O–H groups in total. The number of hydrogen-bond acceptors (Lipinski definition) is 3. The van der Waals surface area contributed by atoms with Crippen molar-refractivity contribution in [3.05, 3.63) is 63.6 Å². The Bertz CT molecular complexity index is 860. The van der Waals surface area contributed by atoms with Gasteiger partial charge in [0.2, 0.25) is 5.91 Å². The minimum Gasteiger partial charge on any atom is -0.497 e. The number of nitrogens with zero attached hydrogens (tertiary/aromatic N) is 2. The summed E-state index contributed by atoms with van der Waals surface area (Å²) in [6.07, 6.45) is 1.94.